The zero-order valence-corrected chi connectivity index (χ0v) is 19.5. The predicted molar refractivity (Wildman–Crippen MR) is 119 cm³/mol. The highest BCUT2D eigenvalue weighted by molar-refractivity contribution is 7.88. The van der Waals surface area contributed by atoms with Gasteiger partial charge in [0.15, 0.2) is 6.61 Å². The molecule has 1 aliphatic carbocycles. The van der Waals surface area contributed by atoms with E-state index in [-0.39, 0.29) is 30.7 Å². The molecule has 0 spiro atoms. The number of sulfonamides is 1. The van der Waals surface area contributed by atoms with E-state index in [1.54, 1.807) is 4.90 Å². The number of carbonyl (C=O) groups excluding carboxylic acids is 1. The number of piperidine rings is 1. The summed E-state index contributed by atoms with van der Waals surface area (Å²) in [5.74, 6) is 1.09. The van der Waals surface area contributed by atoms with Crippen molar-refractivity contribution in [3.8, 4) is 5.75 Å². The van der Waals surface area contributed by atoms with E-state index in [9.17, 15) is 13.2 Å². The molecule has 31 heavy (non-hydrogen) atoms. The molecule has 7 nitrogen and oxygen atoms in total. The predicted octanol–water partition coefficient (Wildman–Crippen LogP) is 2.65. The molecule has 3 heterocycles. The zero-order chi connectivity index (χ0) is 22.2. The van der Waals surface area contributed by atoms with Crippen LogP contribution in [0.4, 0.5) is 0 Å². The minimum absolute atomic E-state index is 0.0479. The van der Waals surface area contributed by atoms with Crippen molar-refractivity contribution in [1.29, 1.82) is 0 Å². The number of fused-ring (bicyclic) bond motifs is 5. The Bertz CT molecular complexity index is 924. The summed E-state index contributed by atoms with van der Waals surface area (Å²) < 4.78 is 39.0. The highest BCUT2D eigenvalue weighted by atomic mass is 32.2. The van der Waals surface area contributed by atoms with Gasteiger partial charge in [0.2, 0.25) is 10.0 Å². The van der Waals surface area contributed by atoms with E-state index >= 15 is 0 Å². The molecule has 0 aromatic heterocycles. The summed E-state index contributed by atoms with van der Waals surface area (Å²) in [5, 5.41) is 0. The van der Waals surface area contributed by atoms with Gasteiger partial charge in [0.05, 0.1) is 25.0 Å². The largest absolute Gasteiger partial charge is 0.483 e. The van der Waals surface area contributed by atoms with Crippen molar-refractivity contribution in [3.63, 3.8) is 0 Å². The van der Waals surface area contributed by atoms with Crippen LogP contribution in [0.2, 0.25) is 0 Å². The summed E-state index contributed by atoms with van der Waals surface area (Å²) in [6.07, 6.45) is 6.72. The first-order valence-corrected chi connectivity index (χ1v) is 13.2. The van der Waals surface area contributed by atoms with E-state index in [0.29, 0.717) is 25.5 Å². The Morgan fingerprint density at radius 2 is 1.84 bits per heavy atom. The lowest BCUT2D eigenvalue weighted by atomic mass is 9.80. The quantitative estimate of drug-likeness (QED) is 0.749. The SMILES string of the molecule is Cc1ccc2c(c1C)C1CCC(CC1)OC[C@H]1[C@@H](NS(C)(=O)=O)CCCN1C(=O)CO2. The molecule has 4 aliphatic rings. The molecule has 1 saturated heterocycles. The molecule has 5 rings (SSSR count). The summed E-state index contributed by atoms with van der Waals surface area (Å²) in [6.45, 7) is 5.14. The van der Waals surface area contributed by atoms with Crippen LogP contribution >= 0.6 is 0 Å². The lowest BCUT2D eigenvalue weighted by Crippen LogP contribution is -2.59. The van der Waals surface area contributed by atoms with Crippen molar-refractivity contribution in [2.45, 2.75) is 76.5 Å². The normalized spacial score (nSPS) is 29.8. The van der Waals surface area contributed by atoms with Gasteiger partial charge in [-0.1, -0.05) is 6.07 Å². The van der Waals surface area contributed by atoms with Gasteiger partial charge < -0.3 is 14.4 Å². The van der Waals surface area contributed by atoms with E-state index in [2.05, 4.69) is 24.6 Å². The molecule has 172 valence electrons. The third-order valence-electron chi connectivity index (χ3n) is 7.15. The number of nitrogens with one attached hydrogen (secondary N) is 1. The van der Waals surface area contributed by atoms with Crippen LogP contribution in [0.1, 0.15) is 61.1 Å². The van der Waals surface area contributed by atoms with Crippen LogP contribution in [-0.2, 0) is 19.6 Å². The molecule has 1 saturated carbocycles. The van der Waals surface area contributed by atoms with E-state index in [1.165, 1.54) is 22.9 Å². The number of amides is 1. The average molecular weight is 451 g/mol. The Kier molecular flexibility index (Phi) is 6.60. The Morgan fingerprint density at radius 1 is 1.10 bits per heavy atom. The monoisotopic (exact) mass is 450 g/mol. The fourth-order valence-electron chi connectivity index (χ4n) is 5.41. The fourth-order valence-corrected chi connectivity index (χ4v) is 6.23. The maximum absolute atomic E-state index is 13.2. The topological polar surface area (TPSA) is 84.9 Å². The second kappa shape index (κ2) is 9.08. The van der Waals surface area contributed by atoms with Crippen LogP contribution in [0.3, 0.4) is 0 Å². The summed E-state index contributed by atoms with van der Waals surface area (Å²) in [5.41, 5.74) is 3.72. The molecule has 0 radical (unpaired) electrons. The standard InChI is InChI=1S/C23H34N2O5S/c1-15-6-11-21-23(16(15)2)17-7-9-18(10-8-17)29-13-20-19(24-31(3,27)28)5-4-12-25(20)22(26)14-30-21/h6,11,17-20,24H,4-5,7-10,12-14H2,1-3H3/t17?,18?,19-,20-/m0/s1. The van der Waals surface area contributed by atoms with Gasteiger partial charge in [0, 0.05) is 18.2 Å². The van der Waals surface area contributed by atoms with Crippen molar-refractivity contribution in [2.75, 3.05) is 26.0 Å². The molecular weight excluding hydrogens is 416 g/mol. The first-order valence-electron chi connectivity index (χ1n) is 11.3. The van der Waals surface area contributed by atoms with Crippen molar-refractivity contribution in [3.05, 3.63) is 28.8 Å². The van der Waals surface area contributed by atoms with Gasteiger partial charge in [-0.2, -0.15) is 0 Å². The molecule has 1 amide bonds. The number of hydrogen-bond acceptors (Lipinski definition) is 5. The van der Waals surface area contributed by atoms with Crippen molar-refractivity contribution in [2.24, 2.45) is 0 Å². The second-order valence-electron chi connectivity index (χ2n) is 9.31. The summed E-state index contributed by atoms with van der Waals surface area (Å²) in [4.78, 5) is 14.9. The Hall–Kier alpha value is -1.64. The number of hydrogen-bond donors (Lipinski definition) is 1. The Labute approximate surface area is 185 Å². The number of aryl methyl sites for hydroxylation is 1. The summed E-state index contributed by atoms with van der Waals surface area (Å²) in [7, 11) is -3.38. The van der Waals surface area contributed by atoms with Gasteiger partial charge in [0.1, 0.15) is 5.75 Å². The maximum Gasteiger partial charge on any atom is 0.260 e. The van der Waals surface area contributed by atoms with Crippen LogP contribution in [-0.4, -0.2) is 63.4 Å². The van der Waals surface area contributed by atoms with Crippen molar-refractivity contribution >= 4 is 15.9 Å². The van der Waals surface area contributed by atoms with Crippen LogP contribution in [0.15, 0.2) is 12.1 Å². The highest BCUT2D eigenvalue weighted by Crippen LogP contribution is 2.41. The fraction of sp³-hybridized carbons (Fsp3) is 0.696. The van der Waals surface area contributed by atoms with Crippen LogP contribution in [0, 0.1) is 13.8 Å². The van der Waals surface area contributed by atoms with Crippen LogP contribution in [0.5, 0.6) is 5.75 Å². The Balaban J connectivity index is 1.65. The highest BCUT2D eigenvalue weighted by Gasteiger charge is 2.37. The van der Waals surface area contributed by atoms with Crippen LogP contribution in [0.25, 0.3) is 0 Å². The minimum atomic E-state index is -3.38. The van der Waals surface area contributed by atoms with E-state index in [1.807, 2.05) is 6.07 Å². The zero-order valence-electron chi connectivity index (χ0n) is 18.7. The van der Waals surface area contributed by atoms with E-state index in [0.717, 1.165) is 37.9 Å². The third-order valence-corrected chi connectivity index (χ3v) is 7.88. The van der Waals surface area contributed by atoms with Gasteiger partial charge in [-0.25, -0.2) is 13.1 Å². The maximum atomic E-state index is 13.2. The average Bonchev–Trinajstić information content (AvgIpc) is 2.73. The van der Waals surface area contributed by atoms with E-state index in [4.69, 9.17) is 9.47 Å². The molecule has 1 N–H and O–H groups in total. The summed E-state index contributed by atoms with van der Waals surface area (Å²) >= 11 is 0. The van der Waals surface area contributed by atoms with Gasteiger partial charge in [0.25, 0.3) is 5.91 Å². The molecule has 2 fully saturated rings. The number of nitrogens with zero attached hydrogens (tertiary/aromatic N) is 1. The first-order chi connectivity index (χ1) is 14.7. The molecule has 2 atom stereocenters. The van der Waals surface area contributed by atoms with Gasteiger partial charge in [-0.3, -0.25) is 4.79 Å². The summed E-state index contributed by atoms with van der Waals surface area (Å²) in [6, 6.07) is 3.39. The lowest BCUT2D eigenvalue weighted by Gasteiger charge is -2.41. The molecule has 1 aromatic carbocycles. The number of ether oxygens (including phenoxy) is 2. The van der Waals surface area contributed by atoms with Crippen LogP contribution < -0.4 is 9.46 Å². The van der Waals surface area contributed by atoms with Gasteiger partial charge in [-0.05, 0) is 75.5 Å². The van der Waals surface area contributed by atoms with Gasteiger partial charge in [-0.15, -0.1) is 0 Å². The van der Waals surface area contributed by atoms with Crippen molar-refractivity contribution < 1.29 is 22.7 Å². The molecular formula is C23H34N2O5S. The number of carbonyl (C=O) groups is 1. The minimum Gasteiger partial charge on any atom is -0.483 e. The number of benzene rings is 1. The van der Waals surface area contributed by atoms with Crippen molar-refractivity contribution in [1.82, 2.24) is 9.62 Å². The van der Waals surface area contributed by atoms with Gasteiger partial charge >= 0.3 is 0 Å². The smallest absolute Gasteiger partial charge is 0.260 e. The molecule has 3 aliphatic heterocycles. The number of rotatable bonds is 2. The second-order valence-corrected chi connectivity index (χ2v) is 11.1. The Morgan fingerprint density at radius 3 is 2.55 bits per heavy atom. The molecule has 2 bridgehead atoms. The lowest BCUT2D eigenvalue weighted by molar-refractivity contribution is -0.140. The molecule has 1 aromatic rings. The third kappa shape index (κ3) is 5.07. The first kappa shape index (κ1) is 22.6. The van der Waals surface area contributed by atoms with E-state index < -0.39 is 10.0 Å². The molecule has 0 unspecified atom stereocenters. The molecule has 8 heteroatoms.